The summed E-state index contributed by atoms with van der Waals surface area (Å²) in [6, 6.07) is 11.8. The number of aromatic nitrogens is 5. The lowest BCUT2D eigenvalue weighted by Crippen LogP contribution is -2.11. The molecule has 0 unspecified atom stereocenters. The number of rotatable bonds is 7. The Bertz CT molecular complexity index is 2210. The monoisotopic (exact) mass is 608 g/mol. The second kappa shape index (κ2) is 11.3. The van der Waals surface area contributed by atoms with Crippen molar-refractivity contribution in [3.05, 3.63) is 96.6 Å². The number of hydrogen-bond acceptors (Lipinski definition) is 8. The van der Waals surface area contributed by atoms with Crippen molar-refractivity contribution in [3.8, 4) is 44.6 Å². The molecule has 2 aromatic carbocycles. The molecule has 11 heteroatoms. The van der Waals surface area contributed by atoms with Gasteiger partial charge in [0.05, 0.1) is 16.7 Å². The molecule has 0 aliphatic carbocycles. The Balaban J connectivity index is 1.55. The fourth-order valence-corrected chi connectivity index (χ4v) is 6.22. The lowest BCUT2D eigenvalue weighted by atomic mass is 9.96. The normalized spacial score (nSPS) is 12.4. The van der Waals surface area contributed by atoms with Crippen molar-refractivity contribution < 1.29 is 18.0 Å². The van der Waals surface area contributed by atoms with Gasteiger partial charge in [-0.1, -0.05) is 18.7 Å². The van der Waals surface area contributed by atoms with Crippen LogP contribution in [0.4, 0.5) is 15.9 Å². The quantitative estimate of drug-likeness (QED) is 0.180. The Morgan fingerprint density at radius 2 is 1.98 bits per heavy atom. The van der Waals surface area contributed by atoms with Crippen LogP contribution in [-0.4, -0.2) is 30.4 Å². The van der Waals surface area contributed by atoms with Crippen molar-refractivity contribution in [2.45, 2.75) is 20.8 Å². The highest BCUT2D eigenvalue weighted by atomic mass is 32.1. The van der Waals surface area contributed by atoms with Crippen molar-refractivity contribution in [3.63, 3.8) is 0 Å². The van der Waals surface area contributed by atoms with Crippen LogP contribution >= 0.6 is 11.3 Å². The average molecular weight is 609 g/mol. The summed E-state index contributed by atoms with van der Waals surface area (Å²) in [6.07, 6.45) is 5.76. The maximum Gasteiger partial charge on any atom is 0.322 e. The number of pyridine rings is 1. The number of ether oxygens (including phenoxy) is 1. The molecule has 0 spiro atoms. The molecule has 0 radical (unpaired) electrons. The van der Waals surface area contributed by atoms with Gasteiger partial charge in [0, 0.05) is 68.0 Å². The van der Waals surface area contributed by atoms with Gasteiger partial charge in [0.25, 0.3) is 5.91 Å². The maximum atomic E-state index is 15.7. The molecule has 0 bridgehead atoms. The Morgan fingerprint density at radius 1 is 1.14 bits per heavy atom. The summed E-state index contributed by atoms with van der Waals surface area (Å²) in [5.74, 6) is -0.801. The first kappa shape index (κ1) is 25.1. The summed E-state index contributed by atoms with van der Waals surface area (Å²) in [4.78, 5) is 30.1. The minimum absolute atomic E-state index is 0.0161. The first-order valence-corrected chi connectivity index (χ1v) is 14.2. The lowest BCUT2D eigenvalue weighted by molar-refractivity contribution is -0.112. The number of anilines is 2. The minimum atomic E-state index is -2.42. The summed E-state index contributed by atoms with van der Waals surface area (Å²) >= 11 is 1.39. The molecular weight excluding hydrogens is 577 g/mol. The van der Waals surface area contributed by atoms with Gasteiger partial charge in [-0.2, -0.15) is 0 Å². The van der Waals surface area contributed by atoms with Crippen molar-refractivity contribution >= 4 is 38.8 Å². The molecular formula is C33H28FN7O2S. The van der Waals surface area contributed by atoms with Crippen LogP contribution in [0.25, 0.3) is 42.9 Å². The van der Waals surface area contributed by atoms with Gasteiger partial charge in [-0.25, -0.2) is 24.3 Å². The van der Waals surface area contributed by atoms with Crippen LogP contribution in [0, 0.1) is 19.7 Å². The van der Waals surface area contributed by atoms with E-state index in [1.807, 2.05) is 19.1 Å². The Morgan fingerprint density at radius 3 is 2.68 bits per heavy atom. The SMILES string of the molecule is [2H]C([2H])([2H])n1cnc(-c2cnc(N)c3c(-c4ccc(Oc5nccc(C)n5)c(F)c4)c(-c4ccc(NC(=O)C(=C)C)cc4C)sc23)c1. The molecule has 1 amide bonds. The van der Waals surface area contributed by atoms with E-state index in [4.69, 9.17) is 14.6 Å². The predicted molar refractivity (Wildman–Crippen MR) is 172 cm³/mol. The van der Waals surface area contributed by atoms with Crippen molar-refractivity contribution in [2.24, 2.45) is 6.98 Å². The standard InChI is InChI=1S/C33H28FN7O2S/c1-17(2)32(42)40-21-7-8-22(18(3)12-21)29-27(20-6-9-26(24(34)13-20)43-33-36-11-10-19(4)39-33)28-30(44-29)23(14-37-31(28)35)25-15-41(5)16-38-25/h6-16H,1H2,2-5H3,(H2,35,37)(H,40,42)/i5D3. The number of carbonyl (C=O) groups excluding carboxylic acids is 1. The number of nitrogens with one attached hydrogen (secondary N) is 1. The molecule has 0 aliphatic rings. The minimum Gasteiger partial charge on any atom is -0.421 e. The molecule has 6 aromatic rings. The molecule has 6 rings (SSSR count). The van der Waals surface area contributed by atoms with Gasteiger partial charge >= 0.3 is 6.01 Å². The highest BCUT2D eigenvalue weighted by Gasteiger charge is 2.24. The third kappa shape index (κ3) is 5.40. The summed E-state index contributed by atoms with van der Waals surface area (Å²) in [5, 5.41) is 3.39. The van der Waals surface area contributed by atoms with Gasteiger partial charge in [0.1, 0.15) is 5.82 Å². The zero-order valence-corrected chi connectivity index (χ0v) is 24.8. The number of amides is 1. The van der Waals surface area contributed by atoms with E-state index in [0.29, 0.717) is 49.4 Å². The summed E-state index contributed by atoms with van der Waals surface area (Å²) < 4.78 is 46.4. The topological polar surface area (TPSA) is 121 Å². The third-order valence-corrected chi connectivity index (χ3v) is 8.17. The average Bonchev–Trinajstić information content (AvgIpc) is 3.65. The molecule has 4 heterocycles. The van der Waals surface area contributed by atoms with E-state index in [1.165, 1.54) is 42.2 Å². The number of aryl methyl sites for hydroxylation is 3. The zero-order valence-electron chi connectivity index (χ0n) is 27.0. The molecule has 3 N–H and O–H groups in total. The van der Waals surface area contributed by atoms with Crippen molar-refractivity contribution in [2.75, 3.05) is 11.1 Å². The number of carbonyl (C=O) groups is 1. The highest BCUT2D eigenvalue weighted by Crippen LogP contribution is 2.50. The van der Waals surface area contributed by atoms with E-state index in [2.05, 4.69) is 31.8 Å². The van der Waals surface area contributed by atoms with E-state index in [1.54, 1.807) is 38.2 Å². The molecule has 9 nitrogen and oxygen atoms in total. The number of fused-ring (bicyclic) bond motifs is 1. The molecule has 0 saturated heterocycles. The second-order valence-electron chi connectivity index (χ2n) is 10.2. The van der Waals surface area contributed by atoms with Gasteiger partial charge < -0.3 is 20.4 Å². The van der Waals surface area contributed by atoms with Crippen LogP contribution < -0.4 is 15.8 Å². The van der Waals surface area contributed by atoms with Gasteiger partial charge in [-0.3, -0.25) is 4.79 Å². The number of imidazole rings is 1. The van der Waals surface area contributed by atoms with Gasteiger partial charge in [0.2, 0.25) is 0 Å². The van der Waals surface area contributed by atoms with Crippen molar-refractivity contribution in [1.82, 2.24) is 24.5 Å². The van der Waals surface area contributed by atoms with E-state index >= 15 is 4.39 Å². The van der Waals surface area contributed by atoms with Crippen LogP contribution in [0.2, 0.25) is 0 Å². The van der Waals surface area contributed by atoms with Crippen LogP contribution in [0.3, 0.4) is 0 Å². The Labute approximate surface area is 261 Å². The molecule has 0 atom stereocenters. The first-order valence-electron chi connectivity index (χ1n) is 14.9. The lowest BCUT2D eigenvalue weighted by Gasteiger charge is -2.12. The summed E-state index contributed by atoms with van der Waals surface area (Å²) in [7, 11) is 0. The number of nitrogens with zero attached hydrogens (tertiary/aromatic N) is 5. The Hall–Kier alpha value is -5.42. The largest absolute Gasteiger partial charge is 0.421 e. The predicted octanol–water partition coefficient (Wildman–Crippen LogP) is 7.47. The summed E-state index contributed by atoms with van der Waals surface area (Å²) in [5.41, 5.74) is 11.9. The molecule has 0 aliphatic heterocycles. The van der Waals surface area contributed by atoms with Gasteiger partial charge in [-0.05, 0) is 67.8 Å². The molecule has 44 heavy (non-hydrogen) atoms. The number of halogens is 1. The van der Waals surface area contributed by atoms with E-state index < -0.39 is 12.8 Å². The molecule has 0 fully saturated rings. The van der Waals surface area contributed by atoms with Crippen LogP contribution in [0.15, 0.2) is 79.5 Å². The number of thiophene rings is 1. The molecule has 0 saturated carbocycles. The number of hydrogen-bond donors (Lipinski definition) is 2. The van der Waals surface area contributed by atoms with Crippen LogP contribution in [0.1, 0.15) is 22.3 Å². The molecule has 220 valence electrons. The fourth-order valence-electron chi connectivity index (χ4n) is 4.78. The number of nitrogens with two attached hydrogens (primary N) is 1. The first-order chi connectivity index (χ1) is 22.3. The number of nitrogen functional groups attached to an aromatic ring is 1. The summed E-state index contributed by atoms with van der Waals surface area (Å²) in [6.45, 7) is 6.58. The van der Waals surface area contributed by atoms with E-state index in [-0.39, 0.29) is 23.5 Å². The van der Waals surface area contributed by atoms with E-state index in [9.17, 15) is 4.79 Å². The smallest absolute Gasteiger partial charge is 0.322 e. The fraction of sp³-hybridized carbons (Fsp3) is 0.121. The van der Waals surface area contributed by atoms with Gasteiger partial charge in [-0.15, -0.1) is 11.3 Å². The molecule has 4 aromatic heterocycles. The second-order valence-corrected chi connectivity index (χ2v) is 11.2. The van der Waals surface area contributed by atoms with Crippen LogP contribution in [-0.2, 0) is 11.8 Å². The highest BCUT2D eigenvalue weighted by molar-refractivity contribution is 7.23. The Kier molecular flexibility index (Phi) is 6.47. The van der Waals surface area contributed by atoms with Crippen molar-refractivity contribution in [1.29, 1.82) is 0 Å². The van der Waals surface area contributed by atoms with Gasteiger partial charge in [0.15, 0.2) is 11.6 Å². The maximum absolute atomic E-state index is 15.7. The van der Waals surface area contributed by atoms with E-state index in [0.717, 1.165) is 20.6 Å². The number of benzene rings is 2. The third-order valence-electron chi connectivity index (χ3n) is 6.91. The van der Waals surface area contributed by atoms with Crippen LogP contribution in [0.5, 0.6) is 11.8 Å². The zero-order chi connectivity index (χ0) is 33.6.